The van der Waals surface area contributed by atoms with Crippen LogP contribution >= 0.6 is 15.9 Å². The standard InChI is InChI=1S/C15H8BrF2NO2/c16-10-5-9-13(6-12(10)18)19(15(21)14(9)20)7-8-3-1-2-4-11(8)17/h1-6H,7H2. The molecule has 0 fully saturated rings. The molecule has 0 aliphatic carbocycles. The molecule has 0 N–H and O–H groups in total. The van der Waals surface area contributed by atoms with Crippen LogP contribution in [0.4, 0.5) is 14.5 Å². The summed E-state index contributed by atoms with van der Waals surface area (Å²) in [6, 6.07) is 8.31. The molecule has 3 rings (SSSR count). The van der Waals surface area contributed by atoms with Gasteiger partial charge in [-0.15, -0.1) is 0 Å². The molecule has 0 atom stereocenters. The molecule has 0 aromatic heterocycles. The van der Waals surface area contributed by atoms with Crippen molar-refractivity contribution in [2.24, 2.45) is 0 Å². The Morgan fingerprint density at radius 3 is 2.48 bits per heavy atom. The number of nitrogens with zero attached hydrogens (tertiary/aromatic N) is 1. The van der Waals surface area contributed by atoms with Gasteiger partial charge in [-0.3, -0.25) is 9.59 Å². The lowest BCUT2D eigenvalue weighted by atomic mass is 10.1. The van der Waals surface area contributed by atoms with E-state index in [1.54, 1.807) is 6.07 Å². The SMILES string of the molecule is O=C1C(=O)N(Cc2ccccc2F)c2cc(F)c(Br)cc21. The molecule has 0 unspecified atom stereocenters. The summed E-state index contributed by atoms with van der Waals surface area (Å²) in [5.74, 6) is -2.58. The largest absolute Gasteiger partial charge is 0.300 e. The van der Waals surface area contributed by atoms with E-state index in [1.165, 1.54) is 24.3 Å². The average molecular weight is 352 g/mol. The molecular weight excluding hydrogens is 344 g/mol. The smallest absolute Gasteiger partial charge is 0.299 e. The van der Waals surface area contributed by atoms with Gasteiger partial charge in [-0.2, -0.15) is 0 Å². The zero-order valence-corrected chi connectivity index (χ0v) is 12.2. The second-order valence-electron chi connectivity index (χ2n) is 4.60. The number of fused-ring (bicyclic) bond motifs is 1. The van der Waals surface area contributed by atoms with E-state index in [9.17, 15) is 18.4 Å². The Hall–Kier alpha value is -2.08. The summed E-state index contributed by atoms with van der Waals surface area (Å²) in [6.45, 7) is -0.120. The highest BCUT2D eigenvalue weighted by molar-refractivity contribution is 9.10. The molecule has 106 valence electrons. The highest BCUT2D eigenvalue weighted by Gasteiger charge is 2.37. The molecule has 1 aliphatic heterocycles. The molecule has 1 heterocycles. The van der Waals surface area contributed by atoms with Crippen molar-refractivity contribution >= 4 is 33.3 Å². The van der Waals surface area contributed by atoms with Crippen molar-refractivity contribution in [1.29, 1.82) is 0 Å². The fraction of sp³-hybridized carbons (Fsp3) is 0.0667. The van der Waals surface area contributed by atoms with Crippen LogP contribution in [-0.2, 0) is 11.3 Å². The van der Waals surface area contributed by atoms with Crippen molar-refractivity contribution in [2.45, 2.75) is 6.54 Å². The maximum Gasteiger partial charge on any atom is 0.299 e. The molecule has 3 nitrogen and oxygen atoms in total. The van der Waals surface area contributed by atoms with Crippen molar-refractivity contribution < 1.29 is 18.4 Å². The number of hydrogen-bond donors (Lipinski definition) is 0. The Labute approximate surface area is 127 Å². The third kappa shape index (κ3) is 2.25. The van der Waals surface area contributed by atoms with E-state index >= 15 is 0 Å². The summed E-state index contributed by atoms with van der Waals surface area (Å²) < 4.78 is 27.4. The summed E-state index contributed by atoms with van der Waals surface area (Å²) in [6.07, 6.45) is 0. The molecule has 21 heavy (non-hydrogen) atoms. The van der Waals surface area contributed by atoms with Crippen molar-refractivity contribution in [3.8, 4) is 0 Å². The molecule has 0 bridgehead atoms. The molecule has 1 aliphatic rings. The quantitative estimate of drug-likeness (QED) is 0.777. The van der Waals surface area contributed by atoms with Crippen LogP contribution in [0.25, 0.3) is 0 Å². The number of carbonyl (C=O) groups is 2. The summed E-state index contributed by atoms with van der Waals surface area (Å²) in [5, 5.41) is 0. The van der Waals surface area contributed by atoms with Gasteiger partial charge < -0.3 is 4.90 Å². The van der Waals surface area contributed by atoms with Crippen molar-refractivity contribution in [2.75, 3.05) is 4.90 Å². The second kappa shape index (κ2) is 5.04. The number of anilines is 1. The summed E-state index contributed by atoms with van der Waals surface area (Å²) in [7, 11) is 0. The van der Waals surface area contributed by atoms with Crippen molar-refractivity contribution in [3.05, 3.63) is 63.6 Å². The lowest BCUT2D eigenvalue weighted by Gasteiger charge is -2.17. The van der Waals surface area contributed by atoms with E-state index in [2.05, 4.69) is 15.9 Å². The Bertz CT molecular complexity index is 776. The summed E-state index contributed by atoms with van der Waals surface area (Å²) in [4.78, 5) is 25.0. The predicted molar refractivity (Wildman–Crippen MR) is 76.0 cm³/mol. The fourth-order valence-corrected chi connectivity index (χ4v) is 2.59. The number of rotatable bonds is 2. The van der Waals surface area contributed by atoms with E-state index in [1.807, 2.05) is 0 Å². The van der Waals surface area contributed by atoms with Gasteiger partial charge in [0, 0.05) is 5.56 Å². The first-order valence-electron chi connectivity index (χ1n) is 6.07. The summed E-state index contributed by atoms with van der Waals surface area (Å²) in [5.41, 5.74) is 0.536. The van der Waals surface area contributed by atoms with Crippen LogP contribution in [0.5, 0.6) is 0 Å². The maximum atomic E-state index is 13.7. The zero-order chi connectivity index (χ0) is 15.1. The van der Waals surface area contributed by atoms with Crippen LogP contribution in [0, 0.1) is 11.6 Å². The number of ketones is 1. The summed E-state index contributed by atoms with van der Waals surface area (Å²) >= 11 is 2.98. The molecule has 2 aromatic carbocycles. The molecular formula is C15H8BrF2NO2. The van der Waals surface area contributed by atoms with Gasteiger partial charge in [-0.05, 0) is 34.1 Å². The molecule has 2 aromatic rings. The van der Waals surface area contributed by atoms with Crippen molar-refractivity contribution in [1.82, 2.24) is 0 Å². The van der Waals surface area contributed by atoms with Gasteiger partial charge in [-0.1, -0.05) is 18.2 Å². The normalized spacial score (nSPS) is 13.8. The Morgan fingerprint density at radius 2 is 1.76 bits per heavy atom. The van der Waals surface area contributed by atoms with Crippen LogP contribution < -0.4 is 4.90 Å². The molecule has 1 amide bonds. The first-order chi connectivity index (χ1) is 9.99. The number of Topliss-reactive ketones (excluding diaryl/α,β-unsaturated/α-hetero) is 1. The van der Waals surface area contributed by atoms with E-state index < -0.39 is 23.3 Å². The van der Waals surface area contributed by atoms with E-state index in [4.69, 9.17) is 0 Å². The maximum absolute atomic E-state index is 13.7. The lowest BCUT2D eigenvalue weighted by Crippen LogP contribution is -2.29. The fourth-order valence-electron chi connectivity index (χ4n) is 2.24. The lowest BCUT2D eigenvalue weighted by molar-refractivity contribution is -0.114. The predicted octanol–water partition coefficient (Wildman–Crippen LogP) is 3.46. The number of hydrogen-bond acceptors (Lipinski definition) is 2. The zero-order valence-electron chi connectivity index (χ0n) is 10.6. The van der Waals surface area contributed by atoms with Crippen LogP contribution in [0.2, 0.25) is 0 Å². The van der Waals surface area contributed by atoms with Gasteiger partial charge >= 0.3 is 0 Å². The molecule has 6 heteroatoms. The molecule has 0 saturated heterocycles. The Balaban J connectivity index is 2.06. The topological polar surface area (TPSA) is 37.4 Å². The minimum absolute atomic E-state index is 0.107. The number of benzene rings is 2. The molecule has 0 spiro atoms. The highest BCUT2D eigenvalue weighted by Crippen LogP contribution is 2.34. The minimum atomic E-state index is -0.786. The van der Waals surface area contributed by atoms with E-state index in [0.717, 1.165) is 11.0 Å². The van der Waals surface area contributed by atoms with Gasteiger partial charge in [0.2, 0.25) is 0 Å². The number of halogens is 3. The Morgan fingerprint density at radius 1 is 1.05 bits per heavy atom. The third-order valence-electron chi connectivity index (χ3n) is 3.30. The second-order valence-corrected chi connectivity index (χ2v) is 5.45. The van der Waals surface area contributed by atoms with Gasteiger partial charge in [0.15, 0.2) is 0 Å². The number of amides is 1. The van der Waals surface area contributed by atoms with E-state index in [0.29, 0.717) is 0 Å². The highest BCUT2D eigenvalue weighted by atomic mass is 79.9. The van der Waals surface area contributed by atoms with Crippen LogP contribution in [0.15, 0.2) is 40.9 Å². The first kappa shape index (κ1) is 13.9. The van der Waals surface area contributed by atoms with Crippen LogP contribution in [0.3, 0.4) is 0 Å². The average Bonchev–Trinajstić information content (AvgIpc) is 2.67. The van der Waals surface area contributed by atoms with Gasteiger partial charge in [0.25, 0.3) is 11.7 Å². The van der Waals surface area contributed by atoms with Gasteiger partial charge in [0.1, 0.15) is 11.6 Å². The van der Waals surface area contributed by atoms with E-state index in [-0.39, 0.29) is 27.8 Å². The monoisotopic (exact) mass is 351 g/mol. The van der Waals surface area contributed by atoms with Gasteiger partial charge in [-0.25, -0.2) is 8.78 Å². The Kier molecular flexibility index (Phi) is 3.33. The van der Waals surface area contributed by atoms with Crippen LogP contribution in [0.1, 0.15) is 15.9 Å². The third-order valence-corrected chi connectivity index (χ3v) is 3.91. The number of carbonyl (C=O) groups excluding carboxylic acids is 2. The first-order valence-corrected chi connectivity index (χ1v) is 6.87. The van der Waals surface area contributed by atoms with Gasteiger partial charge in [0.05, 0.1) is 22.3 Å². The van der Waals surface area contributed by atoms with Crippen LogP contribution in [-0.4, -0.2) is 11.7 Å². The molecule has 0 saturated carbocycles. The molecule has 0 radical (unpaired) electrons. The van der Waals surface area contributed by atoms with Crippen molar-refractivity contribution in [3.63, 3.8) is 0 Å². The minimum Gasteiger partial charge on any atom is -0.300 e.